The largest absolute Gasteiger partial charge is 0.343 e. The lowest BCUT2D eigenvalue weighted by Gasteiger charge is -2.30. The molecule has 0 bridgehead atoms. The summed E-state index contributed by atoms with van der Waals surface area (Å²) in [5, 5.41) is 3.71. The smallest absolute Gasteiger partial charge is 0.270 e. The van der Waals surface area contributed by atoms with Crippen LogP contribution in [0.3, 0.4) is 0 Å². The Balaban J connectivity index is 1.84. The Morgan fingerprint density at radius 1 is 1.10 bits per heavy atom. The van der Waals surface area contributed by atoms with Crippen LogP contribution in [0.25, 0.3) is 17.0 Å². The predicted octanol–water partition coefficient (Wildman–Crippen LogP) is 4.28. The van der Waals surface area contributed by atoms with E-state index in [1.54, 1.807) is 6.08 Å². The van der Waals surface area contributed by atoms with Crippen molar-refractivity contribution in [1.82, 2.24) is 9.88 Å². The lowest BCUT2D eigenvalue weighted by atomic mass is 10.0. The zero-order chi connectivity index (χ0) is 21.4. The molecule has 0 spiro atoms. The van der Waals surface area contributed by atoms with Crippen LogP contribution in [-0.2, 0) is 16.1 Å². The first-order valence-corrected chi connectivity index (χ1v) is 9.99. The molecule has 2 aromatic carbocycles. The minimum Gasteiger partial charge on any atom is -0.343 e. The third-order valence-electron chi connectivity index (χ3n) is 5.36. The molecule has 0 unspecified atom stereocenters. The molecule has 5 nitrogen and oxygen atoms in total. The highest BCUT2D eigenvalue weighted by Gasteiger charge is 2.35. The molecular weight excluding hydrogens is 394 g/mol. The van der Waals surface area contributed by atoms with E-state index in [4.69, 9.17) is 12.2 Å². The van der Waals surface area contributed by atoms with E-state index < -0.39 is 11.8 Å². The Morgan fingerprint density at radius 3 is 2.63 bits per heavy atom. The minimum absolute atomic E-state index is 0.0472. The van der Waals surface area contributed by atoms with Crippen LogP contribution in [0, 0.1) is 13.8 Å². The SMILES string of the molecule is C=CCn1cc(/C=C2\C(=O)NC(=S)N(c3cccc(C)c3C)C2=O)c2ccccc21. The van der Waals surface area contributed by atoms with Gasteiger partial charge in [-0.1, -0.05) is 36.4 Å². The molecule has 2 amide bonds. The molecular formula is C24H21N3O2S. The summed E-state index contributed by atoms with van der Waals surface area (Å²) in [7, 11) is 0. The lowest BCUT2D eigenvalue weighted by molar-refractivity contribution is -0.122. The average Bonchev–Trinajstić information content (AvgIpc) is 3.06. The van der Waals surface area contributed by atoms with Gasteiger partial charge >= 0.3 is 0 Å². The maximum atomic E-state index is 13.4. The van der Waals surface area contributed by atoms with Crippen LogP contribution in [0.15, 0.2) is 66.9 Å². The first-order valence-electron chi connectivity index (χ1n) is 9.59. The molecule has 4 rings (SSSR count). The summed E-state index contributed by atoms with van der Waals surface area (Å²) < 4.78 is 2.03. The van der Waals surface area contributed by atoms with Crippen molar-refractivity contribution in [3.8, 4) is 0 Å². The molecule has 0 aliphatic carbocycles. The molecule has 2 heterocycles. The van der Waals surface area contributed by atoms with Gasteiger partial charge in [-0.2, -0.15) is 0 Å². The Labute approximate surface area is 180 Å². The highest BCUT2D eigenvalue weighted by Crippen LogP contribution is 2.29. The monoisotopic (exact) mass is 415 g/mol. The summed E-state index contributed by atoms with van der Waals surface area (Å²) in [5.74, 6) is -0.926. The highest BCUT2D eigenvalue weighted by atomic mass is 32.1. The van der Waals surface area contributed by atoms with Gasteiger partial charge < -0.3 is 4.57 Å². The lowest BCUT2D eigenvalue weighted by Crippen LogP contribution is -2.54. The van der Waals surface area contributed by atoms with Gasteiger partial charge in [0.2, 0.25) is 0 Å². The number of rotatable bonds is 4. The van der Waals surface area contributed by atoms with Crippen molar-refractivity contribution in [2.45, 2.75) is 20.4 Å². The summed E-state index contributed by atoms with van der Waals surface area (Å²) in [5.41, 5.74) is 4.50. The van der Waals surface area contributed by atoms with E-state index in [0.717, 1.165) is 27.6 Å². The van der Waals surface area contributed by atoms with Crippen LogP contribution in [0.1, 0.15) is 16.7 Å². The van der Waals surface area contributed by atoms with Crippen LogP contribution >= 0.6 is 12.2 Å². The van der Waals surface area contributed by atoms with E-state index in [9.17, 15) is 9.59 Å². The third-order valence-corrected chi connectivity index (χ3v) is 5.65. The predicted molar refractivity (Wildman–Crippen MR) is 124 cm³/mol. The summed E-state index contributed by atoms with van der Waals surface area (Å²) >= 11 is 5.33. The van der Waals surface area contributed by atoms with Crippen LogP contribution in [-0.4, -0.2) is 21.5 Å². The maximum absolute atomic E-state index is 13.4. The second-order valence-electron chi connectivity index (χ2n) is 7.22. The van der Waals surface area contributed by atoms with Crippen LogP contribution in [0.2, 0.25) is 0 Å². The number of para-hydroxylation sites is 1. The second kappa shape index (κ2) is 7.72. The molecule has 0 saturated carbocycles. The van der Waals surface area contributed by atoms with Crippen LogP contribution in [0.4, 0.5) is 5.69 Å². The number of nitrogens with one attached hydrogen (secondary N) is 1. The van der Waals surface area contributed by atoms with Crippen molar-refractivity contribution in [2.24, 2.45) is 0 Å². The molecule has 1 fully saturated rings. The van der Waals surface area contributed by atoms with E-state index in [1.807, 2.05) is 73.2 Å². The zero-order valence-corrected chi connectivity index (χ0v) is 17.6. The number of hydrogen-bond acceptors (Lipinski definition) is 3. The van der Waals surface area contributed by atoms with Crippen LogP contribution < -0.4 is 10.2 Å². The molecule has 1 N–H and O–H groups in total. The molecule has 1 aromatic heterocycles. The van der Waals surface area contributed by atoms with Crippen molar-refractivity contribution < 1.29 is 9.59 Å². The van der Waals surface area contributed by atoms with E-state index in [1.165, 1.54) is 4.90 Å². The molecule has 1 aliphatic heterocycles. The van der Waals surface area contributed by atoms with Gasteiger partial charge in [-0.05, 0) is 55.4 Å². The standard InChI is InChI=1S/C24H21N3O2S/c1-4-12-26-14-17(18-9-5-6-10-21(18)26)13-19-22(28)25-24(30)27(23(19)29)20-11-7-8-15(2)16(20)3/h4-11,13-14H,1,12H2,2-3H3,(H,25,28,30)/b19-13+. The van der Waals surface area contributed by atoms with Gasteiger partial charge in [0.15, 0.2) is 5.11 Å². The fraction of sp³-hybridized carbons (Fsp3) is 0.125. The van der Waals surface area contributed by atoms with Gasteiger partial charge in [0.1, 0.15) is 5.57 Å². The Bertz CT molecular complexity index is 1250. The quantitative estimate of drug-likeness (QED) is 0.300. The number of nitrogens with zero attached hydrogens (tertiary/aromatic N) is 2. The van der Waals surface area contributed by atoms with Gasteiger partial charge in [-0.3, -0.25) is 19.8 Å². The van der Waals surface area contributed by atoms with Gasteiger partial charge in [-0.25, -0.2) is 0 Å². The number of allylic oxidation sites excluding steroid dienone is 1. The number of aryl methyl sites for hydroxylation is 1. The minimum atomic E-state index is -0.493. The number of fused-ring (bicyclic) bond motifs is 1. The highest BCUT2D eigenvalue weighted by molar-refractivity contribution is 7.80. The van der Waals surface area contributed by atoms with Gasteiger partial charge in [0.05, 0.1) is 5.69 Å². The number of benzene rings is 2. The summed E-state index contributed by atoms with van der Waals surface area (Å²) in [6.07, 6.45) is 5.37. The molecule has 1 aliphatic rings. The number of amides is 2. The summed E-state index contributed by atoms with van der Waals surface area (Å²) in [4.78, 5) is 27.4. The number of aromatic nitrogens is 1. The molecule has 30 heavy (non-hydrogen) atoms. The zero-order valence-electron chi connectivity index (χ0n) is 16.8. The Hall–Kier alpha value is -3.51. The van der Waals surface area contributed by atoms with Crippen molar-refractivity contribution in [3.63, 3.8) is 0 Å². The van der Waals surface area contributed by atoms with E-state index in [2.05, 4.69) is 11.9 Å². The molecule has 6 heteroatoms. The van der Waals surface area contributed by atoms with Gasteiger partial charge in [0.25, 0.3) is 11.8 Å². The Kier molecular flexibility index (Phi) is 5.10. The topological polar surface area (TPSA) is 54.3 Å². The van der Waals surface area contributed by atoms with Gasteiger partial charge in [-0.15, -0.1) is 6.58 Å². The average molecular weight is 416 g/mol. The normalized spacial score (nSPS) is 15.7. The van der Waals surface area contributed by atoms with Crippen molar-refractivity contribution in [1.29, 1.82) is 0 Å². The van der Waals surface area contributed by atoms with E-state index in [0.29, 0.717) is 12.2 Å². The van der Waals surface area contributed by atoms with Crippen molar-refractivity contribution >= 4 is 51.8 Å². The third kappa shape index (κ3) is 3.25. The van der Waals surface area contributed by atoms with Crippen molar-refractivity contribution in [3.05, 3.63) is 83.6 Å². The maximum Gasteiger partial charge on any atom is 0.270 e. The number of thiocarbonyl (C=S) groups is 1. The van der Waals surface area contributed by atoms with E-state index >= 15 is 0 Å². The fourth-order valence-electron chi connectivity index (χ4n) is 3.69. The number of hydrogen-bond donors (Lipinski definition) is 1. The molecule has 0 atom stereocenters. The molecule has 1 saturated heterocycles. The first kappa shape index (κ1) is 19.8. The molecule has 0 radical (unpaired) electrons. The number of anilines is 1. The first-order chi connectivity index (χ1) is 14.4. The van der Waals surface area contributed by atoms with Crippen LogP contribution in [0.5, 0.6) is 0 Å². The fourth-order valence-corrected chi connectivity index (χ4v) is 3.96. The van der Waals surface area contributed by atoms with Gasteiger partial charge in [0, 0.05) is 29.2 Å². The second-order valence-corrected chi connectivity index (χ2v) is 7.61. The number of carbonyl (C=O) groups is 2. The Morgan fingerprint density at radius 2 is 1.87 bits per heavy atom. The van der Waals surface area contributed by atoms with E-state index in [-0.39, 0.29) is 10.7 Å². The molecule has 150 valence electrons. The summed E-state index contributed by atoms with van der Waals surface area (Å²) in [6, 6.07) is 13.5. The summed E-state index contributed by atoms with van der Waals surface area (Å²) in [6.45, 7) is 8.34. The van der Waals surface area contributed by atoms with Crippen molar-refractivity contribution in [2.75, 3.05) is 4.90 Å². The number of carbonyl (C=O) groups excluding carboxylic acids is 2. The molecule has 3 aromatic rings.